The molecule has 0 aliphatic carbocycles. The Balaban J connectivity index is 2.11. The van der Waals surface area contributed by atoms with Gasteiger partial charge in [0.15, 0.2) is 6.10 Å². The van der Waals surface area contributed by atoms with E-state index in [1.807, 2.05) is 6.07 Å². The van der Waals surface area contributed by atoms with Gasteiger partial charge in [0, 0.05) is 18.8 Å². The molecule has 2 aromatic rings. The lowest BCUT2D eigenvalue weighted by Crippen LogP contribution is -2.38. The van der Waals surface area contributed by atoms with Crippen LogP contribution in [0.25, 0.3) is 0 Å². The summed E-state index contributed by atoms with van der Waals surface area (Å²) in [4.78, 5) is 13.8. The summed E-state index contributed by atoms with van der Waals surface area (Å²) in [5.74, 6) is -0.424. The van der Waals surface area contributed by atoms with Crippen molar-refractivity contribution in [3.05, 3.63) is 59.9 Å². The van der Waals surface area contributed by atoms with Gasteiger partial charge in [-0.05, 0) is 37.3 Å². The molecule has 0 radical (unpaired) electrons. The molecule has 112 valence electrons. The Bertz CT molecular complexity index is 725. The summed E-state index contributed by atoms with van der Waals surface area (Å²) in [5, 5.41) is 8.90. The fourth-order valence-corrected chi connectivity index (χ4v) is 1.98. The van der Waals surface area contributed by atoms with Crippen molar-refractivity contribution in [3.8, 4) is 11.8 Å². The predicted octanol–water partition coefficient (Wildman–Crippen LogP) is 3.13. The number of carbonyl (C=O) groups is 1. The van der Waals surface area contributed by atoms with E-state index in [-0.39, 0.29) is 5.91 Å². The SMILES string of the molecule is CC(Oc1cccc(F)c1)C(=O)N(C)c1cccc(C#N)c1. The lowest BCUT2D eigenvalue weighted by atomic mass is 10.2. The van der Waals surface area contributed by atoms with E-state index in [0.29, 0.717) is 17.0 Å². The third-order valence-electron chi connectivity index (χ3n) is 3.15. The Hall–Kier alpha value is -2.87. The highest BCUT2D eigenvalue weighted by Gasteiger charge is 2.20. The number of amides is 1. The molecule has 0 spiro atoms. The average molecular weight is 298 g/mol. The fraction of sp³-hybridized carbons (Fsp3) is 0.176. The van der Waals surface area contributed by atoms with E-state index in [4.69, 9.17) is 10.00 Å². The number of anilines is 1. The van der Waals surface area contributed by atoms with Crippen LogP contribution in [0.15, 0.2) is 48.5 Å². The molecule has 2 aromatic carbocycles. The zero-order chi connectivity index (χ0) is 16.1. The number of halogens is 1. The van der Waals surface area contributed by atoms with Crippen LogP contribution in [0.3, 0.4) is 0 Å². The molecule has 1 unspecified atom stereocenters. The normalized spacial score (nSPS) is 11.4. The average Bonchev–Trinajstić information content (AvgIpc) is 2.53. The molecular formula is C17H15FN2O2. The van der Waals surface area contributed by atoms with Gasteiger partial charge in [0.25, 0.3) is 5.91 Å². The summed E-state index contributed by atoms with van der Waals surface area (Å²) in [7, 11) is 1.60. The second kappa shape index (κ2) is 6.72. The lowest BCUT2D eigenvalue weighted by Gasteiger charge is -2.22. The molecule has 1 amide bonds. The highest BCUT2D eigenvalue weighted by atomic mass is 19.1. The molecular weight excluding hydrogens is 283 g/mol. The maximum absolute atomic E-state index is 13.1. The van der Waals surface area contributed by atoms with Crippen LogP contribution in [0.4, 0.5) is 10.1 Å². The molecule has 0 fully saturated rings. The molecule has 5 heteroatoms. The summed E-state index contributed by atoms with van der Waals surface area (Å²) < 4.78 is 18.6. The molecule has 0 heterocycles. The molecule has 0 aliphatic rings. The Labute approximate surface area is 128 Å². The molecule has 0 aliphatic heterocycles. The number of hydrogen-bond acceptors (Lipinski definition) is 3. The van der Waals surface area contributed by atoms with Gasteiger partial charge >= 0.3 is 0 Å². The van der Waals surface area contributed by atoms with E-state index >= 15 is 0 Å². The first-order valence-electron chi connectivity index (χ1n) is 6.71. The van der Waals surface area contributed by atoms with E-state index < -0.39 is 11.9 Å². The Morgan fingerprint density at radius 2 is 2.00 bits per heavy atom. The molecule has 0 N–H and O–H groups in total. The van der Waals surface area contributed by atoms with Crippen LogP contribution in [-0.2, 0) is 4.79 Å². The van der Waals surface area contributed by atoms with Crippen molar-refractivity contribution in [1.82, 2.24) is 0 Å². The number of nitriles is 1. The van der Waals surface area contributed by atoms with Gasteiger partial charge in [-0.1, -0.05) is 12.1 Å². The van der Waals surface area contributed by atoms with E-state index in [2.05, 4.69) is 0 Å². The summed E-state index contributed by atoms with van der Waals surface area (Å²) in [6.45, 7) is 1.60. The number of hydrogen-bond donors (Lipinski definition) is 0. The van der Waals surface area contributed by atoms with Crippen molar-refractivity contribution in [2.24, 2.45) is 0 Å². The number of ether oxygens (including phenoxy) is 1. The first-order valence-corrected chi connectivity index (χ1v) is 6.71. The standard InChI is InChI=1S/C17H15FN2O2/c1-12(22-16-8-4-6-14(18)10-16)17(21)20(2)15-7-3-5-13(9-15)11-19/h3-10,12H,1-2H3. The largest absolute Gasteiger partial charge is 0.481 e. The van der Waals surface area contributed by atoms with Crippen molar-refractivity contribution in [1.29, 1.82) is 5.26 Å². The number of likely N-dealkylation sites (N-methyl/N-ethyl adjacent to an activating group) is 1. The number of nitrogens with zero attached hydrogens (tertiary/aromatic N) is 2. The highest BCUT2D eigenvalue weighted by molar-refractivity contribution is 5.96. The predicted molar refractivity (Wildman–Crippen MR) is 81.1 cm³/mol. The van der Waals surface area contributed by atoms with Gasteiger partial charge in [-0.2, -0.15) is 5.26 Å². The molecule has 0 bridgehead atoms. The highest BCUT2D eigenvalue weighted by Crippen LogP contribution is 2.18. The number of benzene rings is 2. The summed E-state index contributed by atoms with van der Waals surface area (Å²) in [5.41, 5.74) is 1.06. The van der Waals surface area contributed by atoms with E-state index in [0.717, 1.165) is 0 Å². The van der Waals surface area contributed by atoms with Gasteiger partial charge in [-0.25, -0.2) is 4.39 Å². The second-order valence-corrected chi connectivity index (χ2v) is 4.78. The Morgan fingerprint density at radius 3 is 2.68 bits per heavy atom. The molecule has 0 saturated heterocycles. The minimum Gasteiger partial charge on any atom is -0.481 e. The Morgan fingerprint density at radius 1 is 1.27 bits per heavy atom. The lowest BCUT2D eigenvalue weighted by molar-refractivity contribution is -0.124. The van der Waals surface area contributed by atoms with Crippen molar-refractivity contribution in [2.45, 2.75) is 13.0 Å². The van der Waals surface area contributed by atoms with Crippen molar-refractivity contribution < 1.29 is 13.9 Å². The topological polar surface area (TPSA) is 53.3 Å². The zero-order valence-corrected chi connectivity index (χ0v) is 12.3. The Kier molecular flexibility index (Phi) is 4.74. The number of carbonyl (C=O) groups excluding carboxylic acids is 1. The van der Waals surface area contributed by atoms with E-state index in [9.17, 15) is 9.18 Å². The third-order valence-corrected chi connectivity index (χ3v) is 3.15. The van der Waals surface area contributed by atoms with Crippen LogP contribution in [0.1, 0.15) is 12.5 Å². The quantitative estimate of drug-likeness (QED) is 0.871. The molecule has 0 saturated carbocycles. The van der Waals surface area contributed by atoms with Gasteiger partial charge in [0.1, 0.15) is 11.6 Å². The van der Waals surface area contributed by atoms with Gasteiger partial charge in [-0.3, -0.25) is 4.79 Å². The van der Waals surface area contributed by atoms with Crippen LogP contribution in [0, 0.1) is 17.1 Å². The first kappa shape index (κ1) is 15.5. The van der Waals surface area contributed by atoms with Gasteiger partial charge in [0.05, 0.1) is 11.6 Å². The minimum atomic E-state index is -0.780. The van der Waals surface area contributed by atoms with Gasteiger partial charge < -0.3 is 9.64 Å². The number of rotatable bonds is 4. The van der Waals surface area contributed by atoms with Crippen LogP contribution in [0.2, 0.25) is 0 Å². The molecule has 22 heavy (non-hydrogen) atoms. The van der Waals surface area contributed by atoms with E-state index in [1.165, 1.54) is 23.1 Å². The smallest absolute Gasteiger partial charge is 0.267 e. The van der Waals surface area contributed by atoms with Crippen LogP contribution < -0.4 is 9.64 Å². The first-order chi connectivity index (χ1) is 10.5. The van der Waals surface area contributed by atoms with Crippen LogP contribution in [-0.4, -0.2) is 19.1 Å². The molecule has 4 nitrogen and oxygen atoms in total. The minimum absolute atomic E-state index is 0.292. The van der Waals surface area contributed by atoms with Crippen LogP contribution >= 0.6 is 0 Å². The monoisotopic (exact) mass is 298 g/mol. The van der Waals surface area contributed by atoms with Crippen molar-refractivity contribution in [2.75, 3.05) is 11.9 Å². The molecule has 1 atom stereocenters. The zero-order valence-electron chi connectivity index (χ0n) is 12.3. The second-order valence-electron chi connectivity index (χ2n) is 4.78. The summed E-state index contributed by atoms with van der Waals surface area (Å²) in [6.07, 6.45) is -0.780. The summed E-state index contributed by atoms with van der Waals surface area (Å²) in [6, 6.07) is 14.4. The van der Waals surface area contributed by atoms with E-state index in [1.54, 1.807) is 44.3 Å². The fourth-order valence-electron chi connectivity index (χ4n) is 1.98. The maximum Gasteiger partial charge on any atom is 0.267 e. The van der Waals surface area contributed by atoms with Crippen LogP contribution in [0.5, 0.6) is 5.75 Å². The van der Waals surface area contributed by atoms with Crippen molar-refractivity contribution >= 4 is 11.6 Å². The van der Waals surface area contributed by atoms with Gasteiger partial charge in [-0.15, -0.1) is 0 Å². The van der Waals surface area contributed by atoms with Crippen molar-refractivity contribution in [3.63, 3.8) is 0 Å². The molecule has 0 aromatic heterocycles. The van der Waals surface area contributed by atoms with Gasteiger partial charge in [0.2, 0.25) is 0 Å². The third kappa shape index (κ3) is 3.61. The molecule has 2 rings (SSSR count). The maximum atomic E-state index is 13.1. The summed E-state index contributed by atoms with van der Waals surface area (Å²) >= 11 is 0.